The first-order valence-corrected chi connectivity index (χ1v) is 3.67. The van der Waals surface area contributed by atoms with Gasteiger partial charge in [-0.1, -0.05) is 24.3 Å². The van der Waals surface area contributed by atoms with Crippen molar-refractivity contribution in [3.05, 3.63) is 35.4 Å². The fraction of sp³-hybridized carbons (Fsp3) is 0.333. The molecular formula is C9H13NO. The van der Waals surface area contributed by atoms with Crippen molar-refractivity contribution in [2.75, 3.05) is 6.61 Å². The molecule has 1 rings (SSSR count). The molecular weight excluding hydrogens is 138 g/mol. The summed E-state index contributed by atoms with van der Waals surface area (Å²) in [5.41, 5.74) is 7.80. The van der Waals surface area contributed by atoms with Gasteiger partial charge >= 0.3 is 0 Å². The van der Waals surface area contributed by atoms with Crippen LogP contribution >= 0.6 is 0 Å². The Hall–Kier alpha value is -0.860. The minimum absolute atomic E-state index is 0.00481. The van der Waals surface area contributed by atoms with E-state index in [4.69, 9.17) is 10.8 Å². The van der Waals surface area contributed by atoms with Gasteiger partial charge in [0.05, 0.1) is 12.6 Å². The van der Waals surface area contributed by atoms with Gasteiger partial charge in [0.2, 0.25) is 0 Å². The van der Waals surface area contributed by atoms with Crippen molar-refractivity contribution in [1.29, 1.82) is 0 Å². The van der Waals surface area contributed by atoms with Crippen LogP contribution in [0.3, 0.4) is 0 Å². The highest BCUT2D eigenvalue weighted by Crippen LogP contribution is 2.13. The molecule has 0 aromatic heterocycles. The largest absolute Gasteiger partial charge is 0.394 e. The van der Waals surface area contributed by atoms with Gasteiger partial charge in [-0.15, -0.1) is 0 Å². The van der Waals surface area contributed by atoms with E-state index in [2.05, 4.69) is 0 Å². The summed E-state index contributed by atoms with van der Waals surface area (Å²) in [6.45, 7) is 2.00. The van der Waals surface area contributed by atoms with Crippen molar-refractivity contribution in [3.8, 4) is 0 Å². The highest BCUT2D eigenvalue weighted by atomic mass is 16.3. The Morgan fingerprint density at radius 1 is 1.45 bits per heavy atom. The predicted molar refractivity (Wildman–Crippen MR) is 45.2 cm³/mol. The van der Waals surface area contributed by atoms with E-state index in [1.165, 1.54) is 0 Å². The summed E-state index contributed by atoms with van der Waals surface area (Å²) in [7, 11) is 0. The van der Waals surface area contributed by atoms with Gasteiger partial charge in [-0.2, -0.15) is 0 Å². The molecule has 0 aliphatic carbocycles. The smallest absolute Gasteiger partial charge is 0.0624 e. The number of aliphatic hydroxyl groups is 1. The lowest BCUT2D eigenvalue weighted by Gasteiger charge is -2.10. The highest BCUT2D eigenvalue weighted by Gasteiger charge is 2.04. The maximum Gasteiger partial charge on any atom is 0.0624 e. The van der Waals surface area contributed by atoms with Crippen LogP contribution in [0.4, 0.5) is 0 Å². The minimum atomic E-state index is -0.240. The van der Waals surface area contributed by atoms with Crippen molar-refractivity contribution < 1.29 is 5.11 Å². The summed E-state index contributed by atoms with van der Waals surface area (Å²) >= 11 is 0. The Morgan fingerprint density at radius 2 is 2.09 bits per heavy atom. The molecule has 60 valence electrons. The van der Waals surface area contributed by atoms with Crippen LogP contribution in [0.1, 0.15) is 17.2 Å². The molecule has 2 heteroatoms. The molecule has 0 aliphatic heterocycles. The second-order valence-electron chi connectivity index (χ2n) is 2.65. The Morgan fingerprint density at radius 3 is 2.64 bits per heavy atom. The maximum absolute atomic E-state index is 8.79. The van der Waals surface area contributed by atoms with Crippen LogP contribution in [0.2, 0.25) is 0 Å². The first kappa shape index (κ1) is 8.24. The summed E-state index contributed by atoms with van der Waals surface area (Å²) in [6, 6.07) is 7.58. The monoisotopic (exact) mass is 151 g/mol. The predicted octanol–water partition coefficient (Wildman–Crippen LogP) is 0.987. The summed E-state index contributed by atoms with van der Waals surface area (Å²) in [5, 5.41) is 8.79. The fourth-order valence-electron chi connectivity index (χ4n) is 1.10. The molecule has 0 bridgehead atoms. The number of aliphatic hydroxyl groups excluding tert-OH is 1. The number of nitrogens with two attached hydrogens (primary N) is 1. The third-order valence-corrected chi connectivity index (χ3v) is 1.78. The van der Waals surface area contributed by atoms with Crippen molar-refractivity contribution in [1.82, 2.24) is 0 Å². The Balaban J connectivity index is 2.93. The topological polar surface area (TPSA) is 46.2 Å². The van der Waals surface area contributed by atoms with E-state index in [-0.39, 0.29) is 12.6 Å². The van der Waals surface area contributed by atoms with E-state index in [0.29, 0.717) is 0 Å². The zero-order chi connectivity index (χ0) is 8.27. The molecule has 1 aromatic carbocycles. The van der Waals surface area contributed by atoms with Crippen LogP contribution in [-0.2, 0) is 0 Å². The highest BCUT2D eigenvalue weighted by molar-refractivity contribution is 5.28. The Bertz CT molecular complexity index is 235. The van der Waals surface area contributed by atoms with Crippen molar-refractivity contribution in [3.63, 3.8) is 0 Å². The number of rotatable bonds is 2. The molecule has 1 atom stereocenters. The van der Waals surface area contributed by atoms with E-state index < -0.39 is 0 Å². The van der Waals surface area contributed by atoms with Crippen LogP contribution in [-0.4, -0.2) is 11.7 Å². The van der Waals surface area contributed by atoms with E-state index >= 15 is 0 Å². The van der Waals surface area contributed by atoms with Gasteiger partial charge in [0.1, 0.15) is 0 Å². The summed E-state index contributed by atoms with van der Waals surface area (Å²) in [6.07, 6.45) is 0. The Labute approximate surface area is 66.7 Å². The molecule has 11 heavy (non-hydrogen) atoms. The van der Waals surface area contributed by atoms with Crippen LogP contribution in [0, 0.1) is 6.92 Å². The first-order chi connectivity index (χ1) is 5.25. The van der Waals surface area contributed by atoms with Crippen LogP contribution in [0.25, 0.3) is 0 Å². The van der Waals surface area contributed by atoms with Gasteiger partial charge in [0.15, 0.2) is 0 Å². The first-order valence-electron chi connectivity index (χ1n) is 3.67. The second-order valence-corrected chi connectivity index (χ2v) is 2.65. The van der Waals surface area contributed by atoms with Crippen molar-refractivity contribution in [2.45, 2.75) is 13.0 Å². The van der Waals surface area contributed by atoms with Crippen LogP contribution in [0.15, 0.2) is 24.3 Å². The fourth-order valence-corrected chi connectivity index (χ4v) is 1.10. The molecule has 0 unspecified atom stereocenters. The summed E-state index contributed by atoms with van der Waals surface area (Å²) in [5.74, 6) is 0. The average Bonchev–Trinajstić information content (AvgIpc) is 2.04. The van der Waals surface area contributed by atoms with Crippen molar-refractivity contribution in [2.24, 2.45) is 5.73 Å². The van der Waals surface area contributed by atoms with Crippen LogP contribution in [0.5, 0.6) is 0 Å². The number of benzene rings is 1. The lowest BCUT2D eigenvalue weighted by atomic mass is 10.0. The molecule has 0 aliphatic rings. The lowest BCUT2D eigenvalue weighted by molar-refractivity contribution is 0.267. The van der Waals surface area contributed by atoms with E-state index in [1.54, 1.807) is 0 Å². The van der Waals surface area contributed by atoms with Gasteiger partial charge in [0, 0.05) is 0 Å². The lowest BCUT2D eigenvalue weighted by Crippen LogP contribution is -2.15. The quantitative estimate of drug-likeness (QED) is 0.662. The standard InChI is InChI=1S/C9H13NO/c1-7-4-2-3-5-8(7)9(10)6-11/h2-5,9,11H,6,10H2,1H3/t9-/m1/s1. The van der Waals surface area contributed by atoms with Crippen LogP contribution < -0.4 is 5.73 Å². The second kappa shape index (κ2) is 3.51. The number of aryl methyl sites for hydroxylation is 1. The number of hydrogen-bond donors (Lipinski definition) is 2. The summed E-state index contributed by atoms with van der Waals surface area (Å²) < 4.78 is 0. The van der Waals surface area contributed by atoms with E-state index in [1.807, 2.05) is 31.2 Å². The van der Waals surface area contributed by atoms with Gasteiger partial charge in [-0.3, -0.25) is 0 Å². The molecule has 0 heterocycles. The molecule has 0 saturated heterocycles. The van der Waals surface area contributed by atoms with Gasteiger partial charge in [-0.05, 0) is 18.1 Å². The number of hydrogen-bond acceptors (Lipinski definition) is 2. The van der Waals surface area contributed by atoms with E-state index in [9.17, 15) is 0 Å². The average molecular weight is 151 g/mol. The maximum atomic E-state index is 8.79. The van der Waals surface area contributed by atoms with Crippen molar-refractivity contribution >= 4 is 0 Å². The zero-order valence-corrected chi connectivity index (χ0v) is 6.62. The van der Waals surface area contributed by atoms with E-state index in [0.717, 1.165) is 11.1 Å². The normalized spacial score (nSPS) is 13.0. The summed E-state index contributed by atoms with van der Waals surface area (Å²) in [4.78, 5) is 0. The SMILES string of the molecule is Cc1ccccc1[C@H](N)CO. The molecule has 0 amide bonds. The van der Waals surface area contributed by atoms with Gasteiger partial charge in [0.25, 0.3) is 0 Å². The zero-order valence-electron chi connectivity index (χ0n) is 6.62. The molecule has 0 spiro atoms. The third-order valence-electron chi connectivity index (χ3n) is 1.78. The van der Waals surface area contributed by atoms with Gasteiger partial charge < -0.3 is 10.8 Å². The molecule has 0 saturated carbocycles. The Kier molecular flexibility index (Phi) is 2.63. The molecule has 0 radical (unpaired) electrons. The third kappa shape index (κ3) is 1.79. The molecule has 3 N–H and O–H groups in total. The molecule has 0 fully saturated rings. The van der Waals surface area contributed by atoms with Gasteiger partial charge in [-0.25, -0.2) is 0 Å². The molecule has 1 aromatic rings. The minimum Gasteiger partial charge on any atom is -0.394 e. The molecule has 2 nitrogen and oxygen atoms in total.